The summed E-state index contributed by atoms with van der Waals surface area (Å²) in [6.45, 7) is 5.62. The van der Waals surface area contributed by atoms with E-state index in [4.69, 9.17) is 5.11 Å². The van der Waals surface area contributed by atoms with E-state index in [-0.39, 0.29) is 29.6 Å². The van der Waals surface area contributed by atoms with E-state index in [1.807, 2.05) is 19.9 Å². The van der Waals surface area contributed by atoms with Crippen LogP contribution in [-0.2, 0) is 10.1 Å². The van der Waals surface area contributed by atoms with Gasteiger partial charge in [0.05, 0.1) is 0 Å². The molecule has 1 atom stereocenters. The molecule has 1 N–H and O–H groups in total. The van der Waals surface area contributed by atoms with Crippen LogP contribution in [0.1, 0.15) is 33.6 Å². The van der Waals surface area contributed by atoms with Gasteiger partial charge in [-0.25, -0.2) is 8.42 Å². The zero-order chi connectivity index (χ0) is 12.1. The Bertz CT molecular complexity index is 353. The molecule has 0 aliphatic heterocycles. The number of rotatable bonds is 5. The third-order valence-electron chi connectivity index (χ3n) is 1.81. The van der Waals surface area contributed by atoms with Crippen LogP contribution in [0.3, 0.4) is 0 Å². The van der Waals surface area contributed by atoms with Crippen LogP contribution in [0.25, 0.3) is 0 Å². The van der Waals surface area contributed by atoms with Crippen LogP contribution >= 0.6 is 0 Å². The van der Waals surface area contributed by atoms with Gasteiger partial charge in [-0.15, -0.1) is 0 Å². The average Bonchev–Trinajstić information content (AvgIpc) is 2.01. The molecule has 16 heavy (non-hydrogen) atoms. The first-order chi connectivity index (χ1) is 6.73. The molecule has 0 aromatic carbocycles. The molecule has 0 heterocycles. The molecule has 4 nitrogen and oxygen atoms in total. The Morgan fingerprint density at radius 3 is 2.25 bits per heavy atom. The second kappa shape index (κ2) is 8.44. The summed E-state index contributed by atoms with van der Waals surface area (Å²) in [4.78, 5) is 0. The molecule has 0 radical (unpaired) electrons. The maximum Gasteiger partial charge on any atom is 1.00 e. The Morgan fingerprint density at radius 1 is 1.38 bits per heavy atom. The molecule has 0 rings (SSSR count). The van der Waals surface area contributed by atoms with E-state index in [2.05, 4.69) is 0 Å². The molecule has 0 aliphatic rings. The molecule has 88 valence electrons. The van der Waals surface area contributed by atoms with Crippen molar-refractivity contribution in [3.8, 4) is 0 Å². The molecule has 0 saturated heterocycles. The van der Waals surface area contributed by atoms with Crippen LogP contribution in [-0.4, -0.2) is 23.5 Å². The fraction of sp³-hybridized carbons (Fsp3) is 0.600. The predicted molar refractivity (Wildman–Crippen MR) is 58.1 cm³/mol. The van der Waals surface area contributed by atoms with Crippen LogP contribution in [0.2, 0.25) is 0 Å². The number of aliphatic hydroxyl groups is 1. The summed E-state index contributed by atoms with van der Waals surface area (Å²) in [6, 6.07) is 0. The molecule has 0 bridgehead atoms. The molecule has 6 heteroatoms. The van der Waals surface area contributed by atoms with Crippen LogP contribution in [0.15, 0.2) is 23.3 Å². The maximum absolute atomic E-state index is 10.4. The fourth-order valence-corrected chi connectivity index (χ4v) is 1.40. The topological polar surface area (TPSA) is 77.4 Å². The first kappa shape index (κ1) is 18.7. The number of allylic oxidation sites excluding steroid dienone is 3. The molecule has 1 unspecified atom stereocenters. The van der Waals surface area contributed by atoms with E-state index in [1.165, 1.54) is 5.57 Å². The van der Waals surface area contributed by atoms with Crippen molar-refractivity contribution < 1.29 is 47.6 Å². The smallest absolute Gasteiger partial charge is 0.746 e. The van der Waals surface area contributed by atoms with Crippen LogP contribution in [0.4, 0.5) is 0 Å². The number of hydrogen-bond donors (Lipinski definition) is 1. The summed E-state index contributed by atoms with van der Waals surface area (Å²) in [5, 5.41) is 8.97. The van der Waals surface area contributed by atoms with Crippen molar-refractivity contribution in [3.63, 3.8) is 0 Å². The van der Waals surface area contributed by atoms with Gasteiger partial charge in [0.15, 0.2) is 5.44 Å². The summed E-state index contributed by atoms with van der Waals surface area (Å²) in [6.07, 6.45) is 4.50. The van der Waals surface area contributed by atoms with E-state index in [1.54, 1.807) is 6.92 Å². The van der Waals surface area contributed by atoms with Gasteiger partial charge in [0, 0.05) is 0 Å². The van der Waals surface area contributed by atoms with Crippen molar-refractivity contribution in [2.75, 3.05) is 0 Å². The molecule has 0 aliphatic carbocycles. The molecular formula is C10H17NaO4S. The minimum Gasteiger partial charge on any atom is -0.746 e. The Kier molecular flexibility index (Phi) is 9.87. The maximum atomic E-state index is 10.4. The van der Waals surface area contributed by atoms with Crippen LogP contribution in [0.5, 0.6) is 0 Å². The van der Waals surface area contributed by atoms with Gasteiger partial charge >= 0.3 is 29.6 Å². The number of aliphatic hydroxyl groups excluding tert-OH is 1. The normalized spacial score (nSPS) is 13.9. The standard InChI is InChI=1S/C10H18O4S.Na/c1-8(2)5-4-6-9(3)7-10(11)15(12,13)14;/h5,7,10-11H,4,6H2,1-3H3,(H,12,13,14);/q;+1/p-1/b9-7+;. The van der Waals surface area contributed by atoms with Crippen molar-refractivity contribution in [2.24, 2.45) is 0 Å². The minimum absolute atomic E-state index is 0. The number of hydrogen-bond acceptors (Lipinski definition) is 4. The summed E-state index contributed by atoms with van der Waals surface area (Å²) in [7, 11) is -4.63. The van der Waals surface area contributed by atoms with Crippen molar-refractivity contribution >= 4 is 10.1 Å². The van der Waals surface area contributed by atoms with E-state index in [0.717, 1.165) is 12.5 Å². The first-order valence-corrected chi connectivity index (χ1v) is 6.14. The van der Waals surface area contributed by atoms with Gasteiger partial charge < -0.3 is 9.66 Å². The van der Waals surface area contributed by atoms with Gasteiger partial charge in [0.2, 0.25) is 0 Å². The van der Waals surface area contributed by atoms with E-state index in [9.17, 15) is 13.0 Å². The zero-order valence-corrected chi connectivity index (χ0v) is 13.0. The Morgan fingerprint density at radius 2 is 1.88 bits per heavy atom. The zero-order valence-electron chi connectivity index (χ0n) is 10.2. The van der Waals surface area contributed by atoms with Crippen molar-refractivity contribution in [3.05, 3.63) is 23.3 Å². The molecule has 0 aromatic rings. The molecule has 0 amide bonds. The predicted octanol–water partition coefficient (Wildman–Crippen LogP) is -1.45. The summed E-state index contributed by atoms with van der Waals surface area (Å²) < 4.78 is 31.2. The third kappa shape index (κ3) is 9.57. The average molecular weight is 256 g/mol. The minimum atomic E-state index is -4.63. The Balaban J connectivity index is 0. The quantitative estimate of drug-likeness (QED) is 0.371. The van der Waals surface area contributed by atoms with Crippen molar-refractivity contribution in [1.82, 2.24) is 0 Å². The molecule has 0 spiro atoms. The van der Waals surface area contributed by atoms with Gasteiger partial charge in [-0.3, -0.25) is 0 Å². The second-order valence-electron chi connectivity index (χ2n) is 3.72. The van der Waals surface area contributed by atoms with Crippen molar-refractivity contribution in [1.29, 1.82) is 0 Å². The summed E-state index contributed by atoms with van der Waals surface area (Å²) in [5.41, 5.74) is -0.0524. The van der Waals surface area contributed by atoms with Gasteiger partial charge in [0.25, 0.3) is 0 Å². The monoisotopic (exact) mass is 256 g/mol. The van der Waals surface area contributed by atoms with E-state index < -0.39 is 15.6 Å². The second-order valence-corrected chi connectivity index (χ2v) is 5.19. The van der Waals surface area contributed by atoms with Crippen LogP contribution < -0.4 is 29.6 Å². The largest absolute Gasteiger partial charge is 1.00 e. The Hall–Kier alpha value is 0.350. The molecule has 0 saturated carbocycles. The van der Waals surface area contributed by atoms with E-state index in [0.29, 0.717) is 12.0 Å². The van der Waals surface area contributed by atoms with Crippen LogP contribution in [0, 0.1) is 0 Å². The fourth-order valence-electron chi connectivity index (χ4n) is 0.999. The molecule has 0 fully saturated rings. The SMILES string of the molecule is CC(C)=CCC/C(C)=C/C(O)S(=O)(=O)[O-].[Na+]. The molecule has 0 aromatic heterocycles. The summed E-state index contributed by atoms with van der Waals surface area (Å²) >= 11 is 0. The van der Waals surface area contributed by atoms with Crippen molar-refractivity contribution in [2.45, 2.75) is 39.0 Å². The third-order valence-corrected chi connectivity index (χ3v) is 2.54. The Labute approximate surface area is 119 Å². The van der Waals surface area contributed by atoms with Gasteiger partial charge in [-0.05, 0) is 39.7 Å². The van der Waals surface area contributed by atoms with Gasteiger partial charge in [0.1, 0.15) is 10.1 Å². The van der Waals surface area contributed by atoms with Gasteiger partial charge in [-0.1, -0.05) is 17.2 Å². The molecular weight excluding hydrogens is 239 g/mol. The first-order valence-electron chi connectivity index (χ1n) is 4.67. The summed E-state index contributed by atoms with van der Waals surface area (Å²) in [5.74, 6) is 0. The van der Waals surface area contributed by atoms with Gasteiger partial charge in [-0.2, -0.15) is 0 Å². The van der Waals surface area contributed by atoms with E-state index >= 15 is 0 Å².